The van der Waals surface area contributed by atoms with Gasteiger partial charge in [-0.2, -0.15) is 10.2 Å². The van der Waals surface area contributed by atoms with Crippen LogP contribution in [0.5, 0.6) is 5.88 Å². The van der Waals surface area contributed by atoms with E-state index in [9.17, 15) is 0 Å². The summed E-state index contributed by atoms with van der Waals surface area (Å²) in [6.45, 7) is 2.98. The van der Waals surface area contributed by atoms with E-state index in [0.717, 1.165) is 25.1 Å². The minimum absolute atomic E-state index is 0.188. The van der Waals surface area contributed by atoms with E-state index in [1.54, 1.807) is 7.11 Å². The number of methoxy groups -OCH3 is 1. The number of rotatable bonds is 7. The Morgan fingerprint density at radius 1 is 1.30 bits per heavy atom. The van der Waals surface area contributed by atoms with Crippen molar-refractivity contribution in [3.05, 3.63) is 35.8 Å². The maximum absolute atomic E-state index is 5.04. The highest BCUT2D eigenvalue weighted by molar-refractivity contribution is 5.14. The van der Waals surface area contributed by atoms with Gasteiger partial charge in [-0.25, -0.2) is 0 Å². The third-order valence-electron chi connectivity index (χ3n) is 3.29. The van der Waals surface area contributed by atoms with Crippen molar-refractivity contribution in [2.45, 2.75) is 25.8 Å². The lowest BCUT2D eigenvalue weighted by atomic mass is 10.1. The largest absolute Gasteiger partial charge is 0.480 e. The monoisotopic (exact) mass is 275 g/mol. The summed E-state index contributed by atoms with van der Waals surface area (Å²) in [5.74, 6) is 0.538. The molecule has 0 spiro atoms. The van der Waals surface area contributed by atoms with Gasteiger partial charge in [0.1, 0.15) is 0 Å². The lowest BCUT2D eigenvalue weighted by Gasteiger charge is -2.17. The van der Waals surface area contributed by atoms with Gasteiger partial charge in [0.25, 0.3) is 0 Å². The molecule has 0 aromatic carbocycles. The molecule has 1 N–H and O–H groups in total. The Hall–Kier alpha value is -1.95. The number of aryl methyl sites for hydroxylation is 2. The molecule has 2 heterocycles. The van der Waals surface area contributed by atoms with Crippen molar-refractivity contribution < 1.29 is 4.74 Å². The predicted octanol–water partition coefficient (Wildman–Crippen LogP) is 1.50. The van der Waals surface area contributed by atoms with Gasteiger partial charge < -0.3 is 10.1 Å². The first-order valence-electron chi connectivity index (χ1n) is 6.82. The van der Waals surface area contributed by atoms with Gasteiger partial charge in [-0.05, 0) is 31.5 Å². The molecule has 2 aromatic rings. The molecule has 2 aromatic heterocycles. The topological polar surface area (TPSA) is 64.9 Å². The third kappa shape index (κ3) is 3.54. The summed E-state index contributed by atoms with van der Waals surface area (Å²) < 4.78 is 6.94. The molecule has 0 fully saturated rings. The molecule has 6 nitrogen and oxygen atoms in total. The van der Waals surface area contributed by atoms with Crippen LogP contribution < -0.4 is 10.1 Å². The first kappa shape index (κ1) is 14.5. The molecule has 1 atom stereocenters. The maximum Gasteiger partial charge on any atom is 0.233 e. The molecule has 0 bridgehead atoms. The summed E-state index contributed by atoms with van der Waals surface area (Å²) in [7, 11) is 3.55. The molecule has 0 amide bonds. The van der Waals surface area contributed by atoms with E-state index in [1.807, 2.05) is 36.1 Å². The molecule has 20 heavy (non-hydrogen) atoms. The van der Waals surface area contributed by atoms with Gasteiger partial charge in [-0.1, -0.05) is 6.92 Å². The summed E-state index contributed by atoms with van der Waals surface area (Å²) in [6.07, 6.45) is 3.72. The minimum Gasteiger partial charge on any atom is -0.480 e. The second-order valence-electron chi connectivity index (χ2n) is 4.60. The van der Waals surface area contributed by atoms with Crippen LogP contribution in [0.25, 0.3) is 0 Å². The van der Waals surface area contributed by atoms with Gasteiger partial charge in [0.05, 0.1) is 18.8 Å². The van der Waals surface area contributed by atoms with Crippen molar-refractivity contribution in [3.63, 3.8) is 0 Å². The minimum atomic E-state index is 0.188. The summed E-state index contributed by atoms with van der Waals surface area (Å²) >= 11 is 0. The highest BCUT2D eigenvalue weighted by atomic mass is 16.5. The maximum atomic E-state index is 5.04. The summed E-state index contributed by atoms with van der Waals surface area (Å²) in [6, 6.07) is 6.04. The van der Waals surface area contributed by atoms with Crippen molar-refractivity contribution in [1.29, 1.82) is 0 Å². The van der Waals surface area contributed by atoms with Crippen LogP contribution >= 0.6 is 0 Å². The Bertz CT molecular complexity index is 523. The SMILES string of the molecule is CCNC(CCc1ccnn1C)c1ccc(OC)nn1. The van der Waals surface area contributed by atoms with Gasteiger partial charge in [-0.3, -0.25) is 4.68 Å². The third-order valence-corrected chi connectivity index (χ3v) is 3.29. The molecule has 0 aliphatic rings. The lowest BCUT2D eigenvalue weighted by molar-refractivity contribution is 0.388. The van der Waals surface area contributed by atoms with Gasteiger partial charge in [-0.15, -0.1) is 5.10 Å². The van der Waals surface area contributed by atoms with Crippen LogP contribution in [0, 0.1) is 0 Å². The van der Waals surface area contributed by atoms with Gasteiger partial charge >= 0.3 is 0 Å². The number of ether oxygens (including phenoxy) is 1. The fourth-order valence-electron chi connectivity index (χ4n) is 2.16. The zero-order chi connectivity index (χ0) is 14.4. The second-order valence-corrected chi connectivity index (χ2v) is 4.60. The van der Waals surface area contributed by atoms with Crippen LogP contribution in [-0.4, -0.2) is 33.6 Å². The molecule has 6 heteroatoms. The fourth-order valence-corrected chi connectivity index (χ4v) is 2.16. The number of hydrogen-bond donors (Lipinski definition) is 1. The van der Waals surface area contributed by atoms with Gasteiger partial charge in [0.15, 0.2) is 0 Å². The number of aromatic nitrogens is 4. The average molecular weight is 275 g/mol. The van der Waals surface area contributed by atoms with E-state index in [-0.39, 0.29) is 6.04 Å². The second kappa shape index (κ2) is 7.00. The molecule has 108 valence electrons. The van der Waals surface area contributed by atoms with Crippen molar-refractivity contribution in [2.75, 3.05) is 13.7 Å². The van der Waals surface area contributed by atoms with Crippen LogP contribution in [0.1, 0.15) is 30.8 Å². The van der Waals surface area contributed by atoms with E-state index >= 15 is 0 Å². The molecular formula is C14H21N5O. The van der Waals surface area contributed by atoms with E-state index in [4.69, 9.17) is 4.74 Å². The number of nitrogens with one attached hydrogen (secondary N) is 1. The van der Waals surface area contributed by atoms with Crippen molar-refractivity contribution in [1.82, 2.24) is 25.3 Å². The molecule has 2 rings (SSSR count). The van der Waals surface area contributed by atoms with Crippen LogP contribution in [-0.2, 0) is 13.5 Å². The Kier molecular flexibility index (Phi) is 5.06. The van der Waals surface area contributed by atoms with Gasteiger partial charge in [0.2, 0.25) is 5.88 Å². The molecule has 0 saturated carbocycles. The molecule has 0 aliphatic heterocycles. The number of nitrogens with zero attached hydrogens (tertiary/aromatic N) is 4. The first-order valence-corrected chi connectivity index (χ1v) is 6.82. The smallest absolute Gasteiger partial charge is 0.233 e. The predicted molar refractivity (Wildman–Crippen MR) is 76.5 cm³/mol. The molecule has 0 saturated heterocycles. The molecule has 1 unspecified atom stereocenters. The summed E-state index contributed by atoms with van der Waals surface area (Å²) in [5, 5.41) is 15.9. The Balaban J connectivity index is 2.04. The van der Waals surface area contributed by atoms with Crippen molar-refractivity contribution in [3.8, 4) is 5.88 Å². The van der Waals surface area contributed by atoms with Gasteiger partial charge in [0, 0.05) is 25.0 Å². The highest BCUT2D eigenvalue weighted by Gasteiger charge is 2.13. The zero-order valence-corrected chi connectivity index (χ0v) is 12.2. The Morgan fingerprint density at radius 3 is 2.70 bits per heavy atom. The normalized spacial score (nSPS) is 12.3. The number of hydrogen-bond acceptors (Lipinski definition) is 5. The lowest BCUT2D eigenvalue weighted by Crippen LogP contribution is -2.23. The van der Waals surface area contributed by atoms with E-state index in [2.05, 4.69) is 27.5 Å². The Morgan fingerprint density at radius 2 is 2.15 bits per heavy atom. The van der Waals surface area contributed by atoms with E-state index in [1.165, 1.54) is 5.69 Å². The first-order chi connectivity index (χ1) is 9.74. The molecule has 0 radical (unpaired) electrons. The van der Waals surface area contributed by atoms with E-state index in [0.29, 0.717) is 5.88 Å². The van der Waals surface area contributed by atoms with E-state index < -0.39 is 0 Å². The zero-order valence-electron chi connectivity index (χ0n) is 12.2. The van der Waals surface area contributed by atoms with Crippen molar-refractivity contribution >= 4 is 0 Å². The quantitative estimate of drug-likeness (QED) is 0.829. The van der Waals surface area contributed by atoms with Crippen LogP contribution in [0.3, 0.4) is 0 Å². The average Bonchev–Trinajstić information content (AvgIpc) is 2.89. The van der Waals surface area contributed by atoms with Crippen LogP contribution in [0.4, 0.5) is 0 Å². The standard InChI is InChI=1S/C14H21N5O/c1-4-15-12(6-5-11-9-10-16-19(11)2)13-7-8-14(20-3)18-17-13/h7-10,12,15H,4-6H2,1-3H3. The van der Waals surface area contributed by atoms with Crippen LogP contribution in [0.15, 0.2) is 24.4 Å². The van der Waals surface area contributed by atoms with Crippen LogP contribution in [0.2, 0.25) is 0 Å². The van der Waals surface area contributed by atoms with Crippen molar-refractivity contribution in [2.24, 2.45) is 7.05 Å². The molecular weight excluding hydrogens is 254 g/mol. The summed E-state index contributed by atoms with van der Waals surface area (Å²) in [5.41, 5.74) is 2.16. The highest BCUT2D eigenvalue weighted by Crippen LogP contribution is 2.18. The summed E-state index contributed by atoms with van der Waals surface area (Å²) in [4.78, 5) is 0. The molecule has 0 aliphatic carbocycles. The Labute approximate surface area is 119 Å². The fraction of sp³-hybridized carbons (Fsp3) is 0.500.